The highest BCUT2D eigenvalue weighted by atomic mass is 16.5. The lowest BCUT2D eigenvalue weighted by atomic mass is 9.86. The molecule has 2 heteroatoms. The van der Waals surface area contributed by atoms with Crippen molar-refractivity contribution in [1.82, 2.24) is 0 Å². The molecule has 0 aromatic rings. The van der Waals surface area contributed by atoms with Gasteiger partial charge in [0.25, 0.3) is 0 Å². The molecule has 1 rings (SSSR count). The Morgan fingerprint density at radius 3 is 2.79 bits per heavy atom. The molecule has 1 aliphatic rings. The SMILES string of the molecule is C=CCOC1COC(C)(C)CC1C=C. The van der Waals surface area contributed by atoms with Crippen molar-refractivity contribution in [3.8, 4) is 0 Å². The zero-order chi connectivity index (χ0) is 10.6. The van der Waals surface area contributed by atoms with Gasteiger partial charge in [0.15, 0.2) is 0 Å². The zero-order valence-electron chi connectivity index (χ0n) is 9.16. The van der Waals surface area contributed by atoms with Crippen molar-refractivity contribution < 1.29 is 9.47 Å². The maximum Gasteiger partial charge on any atom is 0.0876 e. The normalized spacial score (nSPS) is 31.0. The average molecular weight is 196 g/mol. The predicted octanol–water partition coefficient (Wildman–Crippen LogP) is 2.56. The van der Waals surface area contributed by atoms with Gasteiger partial charge in [-0.25, -0.2) is 0 Å². The van der Waals surface area contributed by atoms with Gasteiger partial charge in [-0.3, -0.25) is 0 Å². The molecule has 1 aliphatic heterocycles. The maximum absolute atomic E-state index is 5.70. The fraction of sp³-hybridized carbons (Fsp3) is 0.667. The smallest absolute Gasteiger partial charge is 0.0876 e. The maximum atomic E-state index is 5.70. The van der Waals surface area contributed by atoms with E-state index in [1.807, 2.05) is 6.08 Å². The van der Waals surface area contributed by atoms with E-state index < -0.39 is 0 Å². The quantitative estimate of drug-likeness (QED) is 0.643. The Labute approximate surface area is 86.6 Å². The first-order valence-electron chi connectivity index (χ1n) is 5.08. The van der Waals surface area contributed by atoms with E-state index in [0.717, 1.165) is 6.42 Å². The number of ether oxygens (including phenoxy) is 2. The Balaban J connectivity index is 2.52. The second-order valence-electron chi connectivity index (χ2n) is 4.33. The summed E-state index contributed by atoms with van der Waals surface area (Å²) in [6.45, 7) is 12.9. The third-order valence-electron chi connectivity index (χ3n) is 2.57. The van der Waals surface area contributed by atoms with Crippen molar-refractivity contribution in [3.63, 3.8) is 0 Å². The van der Waals surface area contributed by atoms with Crippen LogP contribution < -0.4 is 0 Å². The van der Waals surface area contributed by atoms with Gasteiger partial charge in [-0.2, -0.15) is 0 Å². The van der Waals surface area contributed by atoms with Gasteiger partial charge < -0.3 is 9.47 Å². The van der Waals surface area contributed by atoms with Crippen LogP contribution in [0.5, 0.6) is 0 Å². The standard InChI is InChI=1S/C12H20O2/c1-5-7-13-11-9-14-12(3,4)8-10(11)6-2/h5-6,10-11H,1-2,7-9H2,3-4H3. The zero-order valence-corrected chi connectivity index (χ0v) is 9.16. The Hall–Kier alpha value is -0.600. The van der Waals surface area contributed by atoms with Crippen LogP contribution in [0, 0.1) is 5.92 Å². The van der Waals surface area contributed by atoms with Gasteiger partial charge in [0.2, 0.25) is 0 Å². The summed E-state index contributed by atoms with van der Waals surface area (Å²) < 4.78 is 11.3. The van der Waals surface area contributed by atoms with Crippen molar-refractivity contribution in [2.24, 2.45) is 5.92 Å². The van der Waals surface area contributed by atoms with Crippen LogP contribution in [0.4, 0.5) is 0 Å². The van der Waals surface area contributed by atoms with Crippen LogP contribution in [0.3, 0.4) is 0 Å². The molecule has 0 radical (unpaired) electrons. The van der Waals surface area contributed by atoms with Crippen molar-refractivity contribution >= 4 is 0 Å². The molecule has 1 heterocycles. The van der Waals surface area contributed by atoms with E-state index in [0.29, 0.717) is 19.1 Å². The lowest BCUT2D eigenvalue weighted by Crippen LogP contribution is -2.43. The van der Waals surface area contributed by atoms with Crippen molar-refractivity contribution in [2.45, 2.75) is 32.0 Å². The summed E-state index contributed by atoms with van der Waals surface area (Å²) in [6, 6.07) is 0. The molecule has 0 saturated carbocycles. The van der Waals surface area contributed by atoms with Gasteiger partial charge in [-0.05, 0) is 20.3 Å². The van der Waals surface area contributed by atoms with Gasteiger partial charge >= 0.3 is 0 Å². The highest BCUT2D eigenvalue weighted by Crippen LogP contribution is 2.30. The molecule has 2 unspecified atom stereocenters. The van der Waals surface area contributed by atoms with Crippen molar-refractivity contribution in [1.29, 1.82) is 0 Å². The molecule has 2 atom stereocenters. The minimum Gasteiger partial charge on any atom is -0.373 e. The molecule has 0 amide bonds. The molecule has 0 aromatic heterocycles. The summed E-state index contributed by atoms with van der Waals surface area (Å²) in [4.78, 5) is 0. The Morgan fingerprint density at radius 1 is 1.50 bits per heavy atom. The van der Waals surface area contributed by atoms with Crippen LogP contribution in [0.2, 0.25) is 0 Å². The number of rotatable bonds is 4. The lowest BCUT2D eigenvalue weighted by molar-refractivity contribution is -0.138. The molecule has 14 heavy (non-hydrogen) atoms. The van der Waals surface area contributed by atoms with Crippen LogP contribution in [0.1, 0.15) is 20.3 Å². The molecule has 1 fully saturated rings. The van der Waals surface area contributed by atoms with Crippen molar-refractivity contribution in [3.05, 3.63) is 25.3 Å². The molecular weight excluding hydrogens is 176 g/mol. The van der Waals surface area contributed by atoms with Gasteiger partial charge in [0.05, 0.1) is 24.9 Å². The van der Waals surface area contributed by atoms with E-state index in [2.05, 4.69) is 27.0 Å². The highest BCUT2D eigenvalue weighted by Gasteiger charge is 2.34. The van der Waals surface area contributed by atoms with Crippen LogP contribution >= 0.6 is 0 Å². The van der Waals surface area contributed by atoms with E-state index in [1.54, 1.807) is 6.08 Å². The molecule has 0 bridgehead atoms. The summed E-state index contributed by atoms with van der Waals surface area (Å²) in [6.07, 6.45) is 4.84. The van der Waals surface area contributed by atoms with Crippen LogP contribution in [0.15, 0.2) is 25.3 Å². The largest absolute Gasteiger partial charge is 0.373 e. The molecule has 0 aliphatic carbocycles. The topological polar surface area (TPSA) is 18.5 Å². The fourth-order valence-electron chi connectivity index (χ4n) is 1.79. The van der Waals surface area contributed by atoms with Crippen LogP contribution in [0.25, 0.3) is 0 Å². The minimum atomic E-state index is -0.0487. The number of hydrogen-bond donors (Lipinski definition) is 0. The Kier molecular flexibility index (Phi) is 3.90. The summed E-state index contributed by atoms with van der Waals surface area (Å²) in [5.41, 5.74) is -0.0487. The third-order valence-corrected chi connectivity index (χ3v) is 2.57. The van der Waals surface area contributed by atoms with E-state index in [1.165, 1.54) is 0 Å². The molecule has 0 spiro atoms. The number of hydrogen-bond acceptors (Lipinski definition) is 2. The molecular formula is C12H20O2. The first-order valence-corrected chi connectivity index (χ1v) is 5.08. The Morgan fingerprint density at radius 2 is 2.21 bits per heavy atom. The molecule has 0 N–H and O–H groups in total. The van der Waals surface area contributed by atoms with Crippen molar-refractivity contribution in [2.75, 3.05) is 13.2 Å². The first-order chi connectivity index (χ1) is 6.59. The monoisotopic (exact) mass is 196 g/mol. The van der Waals surface area contributed by atoms with Gasteiger partial charge in [-0.1, -0.05) is 12.2 Å². The molecule has 1 saturated heterocycles. The molecule has 80 valence electrons. The first kappa shape index (κ1) is 11.5. The van der Waals surface area contributed by atoms with Gasteiger partial charge in [0, 0.05) is 5.92 Å². The van der Waals surface area contributed by atoms with Crippen LogP contribution in [-0.2, 0) is 9.47 Å². The third kappa shape index (κ3) is 2.96. The summed E-state index contributed by atoms with van der Waals surface area (Å²) in [5, 5.41) is 0. The van der Waals surface area contributed by atoms with Gasteiger partial charge in [0.1, 0.15) is 0 Å². The van der Waals surface area contributed by atoms with E-state index in [-0.39, 0.29) is 11.7 Å². The summed E-state index contributed by atoms with van der Waals surface area (Å²) >= 11 is 0. The van der Waals surface area contributed by atoms with E-state index in [4.69, 9.17) is 9.47 Å². The highest BCUT2D eigenvalue weighted by molar-refractivity contribution is 4.94. The van der Waals surface area contributed by atoms with E-state index in [9.17, 15) is 0 Å². The van der Waals surface area contributed by atoms with Gasteiger partial charge in [-0.15, -0.1) is 13.2 Å². The lowest BCUT2D eigenvalue weighted by Gasteiger charge is -2.39. The predicted molar refractivity (Wildman–Crippen MR) is 58.3 cm³/mol. The second kappa shape index (κ2) is 4.76. The van der Waals surface area contributed by atoms with Crippen LogP contribution in [-0.4, -0.2) is 24.9 Å². The van der Waals surface area contributed by atoms with E-state index >= 15 is 0 Å². The summed E-state index contributed by atoms with van der Waals surface area (Å²) in [7, 11) is 0. The fourth-order valence-corrected chi connectivity index (χ4v) is 1.79. The minimum absolute atomic E-state index is 0.0487. The second-order valence-corrected chi connectivity index (χ2v) is 4.33. The average Bonchev–Trinajstić information content (AvgIpc) is 2.15. The molecule has 0 aromatic carbocycles. The Bertz CT molecular complexity index is 208. The summed E-state index contributed by atoms with van der Waals surface area (Å²) in [5.74, 6) is 0.388. The molecule has 2 nitrogen and oxygen atoms in total.